The Labute approximate surface area is 158 Å². The molecule has 10 heteroatoms. The second-order valence-electron chi connectivity index (χ2n) is 5.66. The number of nitrogens with zero attached hydrogens (tertiary/aromatic N) is 3. The van der Waals surface area contributed by atoms with Crippen molar-refractivity contribution < 1.29 is 23.7 Å². The van der Waals surface area contributed by atoms with Crippen LogP contribution in [0.25, 0.3) is 11.5 Å². The molecule has 142 valence electrons. The summed E-state index contributed by atoms with van der Waals surface area (Å²) in [4.78, 5) is 34.2. The van der Waals surface area contributed by atoms with Gasteiger partial charge in [-0.25, -0.2) is 4.79 Å². The third kappa shape index (κ3) is 4.36. The first-order chi connectivity index (χ1) is 13.4. The van der Waals surface area contributed by atoms with Crippen LogP contribution in [0.15, 0.2) is 52.9 Å². The zero-order valence-electron chi connectivity index (χ0n) is 14.6. The van der Waals surface area contributed by atoms with Crippen LogP contribution in [0.2, 0.25) is 0 Å². The first-order valence-corrected chi connectivity index (χ1v) is 8.05. The van der Waals surface area contributed by atoms with E-state index in [0.717, 1.165) is 0 Å². The van der Waals surface area contributed by atoms with E-state index in [1.807, 2.05) is 6.07 Å². The van der Waals surface area contributed by atoms with Crippen molar-refractivity contribution in [2.24, 2.45) is 0 Å². The summed E-state index contributed by atoms with van der Waals surface area (Å²) in [7, 11) is 0. The maximum Gasteiger partial charge on any atom is 0.338 e. The van der Waals surface area contributed by atoms with Gasteiger partial charge in [-0.15, -0.1) is 5.10 Å². The Morgan fingerprint density at radius 2 is 1.93 bits per heavy atom. The van der Waals surface area contributed by atoms with Gasteiger partial charge in [0.1, 0.15) is 0 Å². The van der Waals surface area contributed by atoms with Crippen LogP contribution in [-0.4, -0.2) is 33.6 Å². The third-order valence-electron chi connectivity index (χ3n) is 3.66. The Morgan fingerprint density at radius 1 is 1.18 bits per heavy atom. The monoisotopic (exact) mass is 382 g/mol. The number of carbonyl (C=O) groups excluding carboxylic acids is 2. The van der Waals surface area contributed by atoms with Crippen molar-refractivity contribution in [2.45, 2.75) is 6.92 Å². The second-order valence-corrected chi connectivity index (χ2v) is 5.66. The van der Waals surface area contributed by atoms with E-state index in [2.05, 4.69) is 15.5 Å². The highest BCUT2D eigenvalue weighted by Gasteiger charge is 2.17. The van der Waals surface area contributed by atoms with Crippen LogP contribution < -0.4 is 5.32 Å². The fraction of sp³-hybridized carbons (Fsp3) is 0.111. The van der Waals surface area contributed by atoms with Crippen LogP contribution in [0.4, 0.5) is 11.7 Å². The predicted molar refractivity (Wildman–Crippen MR) is 96.5 cm³/mol. The maximum atomic E-state index is 12.0. The minimum absolute atomic E-state index is 0.0973. The number of nitrogens with one attached hydrogen (secondary N) is 1. The lowest BCUT2D eigenvalue weighted by molar-refractivity contribution is -0.385. The highest BCUT2D eigenvalue weighted by Crippen LogP contribution is 2.20. The van der Waals surface area contributed by atoms with Gasteiger partial charge in [0, 0.05) is 17.2 Å². The molecule has 3 aromatic rings. The van der Waals surface area contributed by atoms with Gasteiger partial charge in [-0.2, -0.15) is 0 Å². The van der Waals surface area contributed by atoms with Gasteiger partial charge in [-0.1, -0.05) is 23.3 Å². The van der Waals surface area contributed by atoms with E-state index in [0.29, 0.717) is 11.1 Å². The zero-order valence-corrected chi connectivity index (χ0v) is 14.6. The lowest BCUT2D eigenvalue weighted by atomic mass is 10.1. The van der Waals surface area contributed by atoms with E-state index in [1.165, 1.54) is 25.1 Å². The largest absolute Gasteiger partial charge is 0.452 e. The number of hydrogen-bond acceptors (Lipinski definition) is 8. The van der Waals surface area contributed by atoms with Crippen LogP contribution in [0.1, 0.15) is 15.9 Å². The molecule has 28 heavy (non-hydrogen) atoms. The first-order valence-electron chi connectivity index (χ1n) is 8.05. The maximum absolute atomic E-state index is 12.0. The van der Waals surface area contributed by atoms with Crippen molar-refractivity contribution in [3.05, 3.63) is 69.8 Å². The van der Waals surface area contributed by atoms with Gasteiger partial charge in [0.15, 0.2) is 6.61 Å². The molecule has 10 nitrogen and oxygen atoms in total. The van der Waals surface area contributed by atoms with Crippen LogP contribution >= 0.6 is 0 Å². The Morgan fingerprint density at radius 3 is 2.61 bits per heavy atom. The van der Waals surface area contributed by atoms with Gasteiger partial charge in [0.05, 0.1) is 10.5 Å². The predicted octanol–water partition coefficient (Wildman–Crippen LogP) is 2.75. The minimum atomic E-state index is -0.788. The van der Waals surface area contributed by atoms with Gasteiger partial charge in [0.2, 0.25) is 5.89 Å². The summed E-state index contributed by atoms with van der Waals surface area (Å²) < 4.78 is 10.2. The normalized spacial score (nSPS) is 10.3. The molecular weight excluding hydrogens is 368 g/mol. The van der Waals surface area contributed by atoms with E-state index in [9.17, 15) is 19.7 Å². The highest BCUT2D eigenvalue weighted by atomic mass is 16.6. The Bertz CT molecular complexity index is 1030. The number of nitro groups is 1. The van der Waals surface area contributed by atoms with E-state index >= 15 is 0 Å². The fourth-order valence-corrected chi connectivity index (χ4v) is 2.33. The highest BCUT2D eigenvalue weighted by molar-refractivity contribution is 5.94. The molecule has 0 atom stereocenters. The van der Waals surface area contributed by atoms with E-state index in [-0.39, 0.29) is 23.2 Å². The smallest absolute Gasteiger partial charge is 0.338 e. The molecule has 3 rings (SSSR count). The van der Waals surface area contributed by atoms with Crippen molar-refractivity contribution in [1.29, 1.82) is 0 Å². The van der Waals surface area contributed by atoms with Crippen molar-refractivity contribution in [1.82, 2.24) is 10.2 Å². The molecule has 0 saturated carbocycles. The van der Waals surface area contributed by atoms with Crippen LogP contribution in [0.5, 0.6) is 0 Å². The van der Waals surface area contributed by atoms with E-state index in [1.54, 1.807) is 24.3 Å². The molecule has 0 fully saturated rings. The van der Waals surface area contributed by atoms with Gasteiger partial charge in [-0.05, 0) is 31.2 Å². The summed E-state index contributed by atoms with van der Waals surface area (Å²) in [6.45, 7) is 0.916. The lowest BCUT2D eigenvalue weighted by Gasteiger charge is -2.05. The number of amides is 1. The number of carbonyl (C=O) groups is 2. The number of benzene rings is 2. The lowest BCUT2D eigenvalue weighted by Crippen LogP contribution is -2.21. The molecule has 1 heterocycles. The van der Waals surface area contributed by atoms with Crippen molar-refractivity contribution in [3.63, 3.8) is 0 Å². The average molecular weight is 382 g/mol. The van der Waals surface area contributed by atoms with E-state index in [4.69, 9.17) is 9.15 Å². The molecule has 0 saturated heterocycles. The second kappa shape index (κ2) is 8.08. The van der Waals surface area contributed by atoms with Gasteiger partial charge in [-0.3, -0.25) is 20.2 Å². The number of ether oxygens (including phenoxy) is 1. The fourth-order valence-electron chi connectivity index (χ4n) is 2.33. The molecule has 1 N–H and O–H groups in total. The molecule has 0 radical (unpaired) electrons. The van der Waals surface area contributed by atoms with Crippen molar-refractivity contribution in [3.8, 4) is 11.5 Å². The molecule has 0 spiro atoms. The molecule has 0 unspecified atom stereocenters. The molecule has 0 aliphatic carbocycles. The van der Waals surface area contributed by atoms with Crippen LogP contribution in [-0.2, 0) is 9.53 Å². The van der Waals surface area contributed by atoms with Gasteiger partial charge < -0.3 is 9.15 Å². The number of nitro benzene ring substituents is 1. The minimum Gasteiger partial charge on any atom is -0.452 e. The average Bonchev–Trinajstić information content (AvgIpc) is 3.15. The Hall–Kier alpha value is -4.08. The number of rotatable bonds is 6. The Balaban J connectivity index is 1.56. The molecular formula is C18H14N4O6. The summed E-state index contributed by atoms with van der Waals surface area (Å²) >= 11 is 0. The number of esters is 1. The molecule has 0 bridgehead atoms. The number of aryl methyl sites for hydroxylation is 1. The SMILES string of the molecule is Cc1cc(C(=O)OCC(=O)Nc2nnc(-c3ccccc3)o2)ccc1[N+](=O)[O-]. The first kappa shape index (κ1) is 18.7. The summed E-state index contributed by atoms with van der Waals surface area (Å²) in [5.74, 6) is -1.23. The quantitative estimate of drug-likeness (QED) is 0.390. The Kier molecular flexibility index (Phi) is 5.40. The molecule has 0 aliphatic rings. The number of hydrogen-bond donors (Lipinski definition) is 1. The summed E-state index contributed by atoms with van der Waals surface area (Å²) in [5, 5.41) is 20.7. The van der Waals surface area contributed by atoms with Crippen LogP contribution in [0.3, 0.4) is 0 Å². The summed E-state index contributed by atoms with van der Waals surface area (Å²) in [6, 6.07) is 12.6. The summed E-state index contributed by atoms with van der Waals surface area (Å²) in [5.41, 5.74) is 0.985. The molecule has 2 aromatic carbocycles. The van der Waals surface area contributed by atoms with E-state index < -0.39 is 23.4 Å². The van der Waals surface area contributed by atoms with Crippen molar-refractivity contribution in [2.75, 3.05) is 11.9 Å². The molecule has 0 aliphatic heterocycles. The topological polar surface area (TPSA) is 137 Å². The molecule has 1 amide bonds. The summed E-state index contributed by atoms with van der Waals surface area (Å²) in [6.07, 6.45) is 0. The van der Waals surface area contributed by atoms with Crippen LogP contribution in [0, 0.1) is 17.0 Å². The number of aromatic nitrogens is 2. The van der Waals surface area contributed by atoms with Crippen molar-refractivity contribution >= 4 is 23.6 Å². The zero-order chi connectivity index (χ0) is 20.1. The third-order valence-corrected chi connectivity index (χ3v) is 3.66. The standard InChI is InChI=1S/C18H14N4O6/c1-11-9-13(7-8-14(11)22(25)26)17(24)27-10-15(23)19-18-21-20-16(28-18)12-5-3-2-4-6-12/h2-9H,10H2,1H3,(H,19,21,23). The number of anilines is 1. The van der Waals surface area contributed by atoms with Gasteiger partial charge in [0.25, 0.3) is 11.6 Å². The van der Waals surface area contributed by atoms with Gasteiger partial charge >= 0.3 is 12.0 Å². The molecule has 1 aromatic heterocycles.